The van der Waals surface area contributed by atoms with Crippen LogP contribution in [0.25, 0.3) is 0 Å². The molecule has 1 aromatic heterocycles. The van der Waals surface area contributed by atoms with Crippen LogP contribution in [0.3, 0.4) is 0 Å². The zero-order valence-electron chi connectivity index (χ0n) is 11.4. The van der Waals surface area contributed by atoms with Crippen molar-refractivity contribution >= 4 is 34.8 Å². The Morgan fingerprint density at radius 3 is 2.60 bits per heavy atom. The van der Waals surface area contributed by atoms with Crippen LogP contribution < -0.4 is 5.32 Å². The Labute approximate surface area is 128 Å². The van der Waals surface area contributed by atoms with Gasteiger partial charge in [-0.05, 0) is 25.3 Å². The minimum Gasteiger partial charge on any atom is -0.481 e. The number of carboxylic acids is 1. The Balaban J connectivity index is 1.96. The van der Waals surface area contributed by atoms with Gasteiger partial charge in [-0.2, -0.15) is 0 Å². The van der Waals surface area contributed by atoms with Gasteiger partial charge in [0.05, 0.1) is 5.02 Å². The fourth-order valence-corrected chi connectivity index (χ4v) is 2.87. The third kappa shape index (κ3) is 8.17. The van der Waals surface area contributed by atoms with Crippen molar-refractivity contribution in [2.45, 2.75) is 44.9 Å². The van der Waals surface area contributed by atoms with Crippen molar-refractivity contribution in [3.05, 3.63) is 21.3 Å². The molecule has 20 heavy (non-hydrogen) atoms. The predicted octanol–water partition coefficient (Wildman–Crippen LogP) is 3.49. The number of thiophene rings is 1. The minimum atomic E-state index is -0.744. The molecule has 1 aromatic rings. The van der Waals surface area contributed by atoms with Crippen LogP contribution >= 0.6 is 22.9 Å². The van der Waals surface area contributed by atoms with Crippen LogP contribution in [0.1, 0.15) is 43.4 Å². The first kappa shape index (κ1) is 17.0. The molecule has 2 N–H and O–H groups in total. The lowest BCUT2D eigenvalue weighted by Crippen LogP contribution is -2.24. The largest absolute Gasteiger partial charge is 0.481 e. The van der Waals surface area contributed by atoms with E-state index in [1.807, 2.05) is 11.4 Å². The van der Waals surface area contributed by atoms with Gasteiger partial charge < -0.3 is 10.4 Å². The van der Waals surface area contributed by atoms with E-state index in [2.05, 4.69) is 5.32 Å². The average molecular weight is 318 g/mol. The first-order chi connectivity index (χ1) is 9.58. The molecule has 0 radical (unpaired) electrons. The highest BCUT2D eigenvalue weighted by molar-refractivity contribution is 7.10. The molecule has 0 atom stereocenters. The van der Waals surface area contributed by atoms with E-state index < -0.39 is 5.97 Å². The van der Waals surface area contributed by atoms with Crippen LogP contribution in [0.15, 0.2) is 11.4 Å². The van der Waals surface area contributed by atoms with E-state index in [1.54, 1.807) is 11.3 Å². The number of nitrogens with one attached hydrogen (secondary N) is 1. The molecule has 0 aliphatic rings. The van der Waals surface area contributed by atoms with E-state index in [9.17, 15) is 9.59 Å². The molecule has 6 heteroatoms. The van der Waals surface area contributed by atoms with Gasteiger partial charge in [-0.1, -0.05) is 24.4 Å². The molecule has 0 fully saturated rings. The minimum absolute atomic E-state index is 0.0556. The van der Waals surface area contributed by atoms with Crippen LogP contribution in [-0.4, -0.2) is 23.5 Å². The van der Waals surface area contributed by atoms with Gasteiger partial charge in [0.1, 0.15) is 0 Å². The summed E-state index contributed by atoms with van der Waals surface area (Å²) < 4.78 is 0. The van der Waals surface area contributed by atoms with Gasteiger partial charge in [0.25, 0.3) is 0 Å². The lowest BCUT2D eigenvalue weighted by molar-refractivity contribution is -0.137. The predicted molar refractivity (Wildman–Crippen MR) is 81.4 cm³/mol. The number of unbranched alkanes of at least 4 members (excludes halogenated alkanes) is 3. The Kier molecular flexibility index (Phi) is 8.30. The summed E-state index contributed by atoms with van der Waals surface area (Å²) in [5.41, 5.74) is 0. The molecular weight excluding hydrogens is 298 g/mol. The second-order valence-electron chi connectivity index (χ2n) is 4.64. The molecular formula is C14H20ClNO3S. The maximum absolute atomic E-state index is 11.6. The molecule has 0 aliphatic carbocycles. The number of rotatable bonds is 10. The van der Waals surface area contributed by atoms with Crippen molar-refractivity contribution in [1.29, 1.82) is 0 Å². The number of halogens is 1. The van der Waals surface area contributed by atoms with Gasteiger partial charge in [0.15, 0.2) is 0 Å². The number of aliphatic carboxylic acids is 1. The Bertz CT molecular complexity index is 434. The number of carboxylic acid groups (broad SMARTS) is 1. The maximum atomic E-state index is 11.6. The summed E-state index contributed by atoms with van der Waals surface area (Å²) in [6.07, 6.45) is 4.90. The van der Waals surface area contributed by atoms with Gasteiger partial charge in [-0.3, -0.25) is 9.59 Å². The Morgan fingerprint density at radius 1 is 1.20 bits per heavy atom. The first-order valence-corrected chi connectivity index (χ1v) is 8.05. The van der Waals surface area contributed by atoms with Crippen LogP contribution in [0.4, 0.5) is 0 Å². The van der Waals surface area contributed by atoms with Crippen LogP contribution in [-0.2, 0) is 16.0 Å². The monoisotopic (exact) mass is 317 g/mol. The molecule has 112 valence electrons. The summed E-state index contributed by atoms with van der Waals surface area (Å²) in [6.45, 7) is 0.664. The van der Waals surface area contributed by atoms with Gasteiger partial charge in [0.2, 0.25) is 5.91 Å². The van der Waals surface area contributed by atoms with E-state index in [-0.39, 0.29) is 12.3 Å². The summed E-state index contributed by atoms with van der Waals surface area (Å²) >= 11 is 7.38. The third-order valence-corrected chi connectivity index (χ3v) is 4.20. The smallest absolute Gasteiger partial charge is 0.303 e. The van der Waals surface area contributed by atoms with E-state index in [1.165, 1.54) is 0 Å². The normalized spacial score (nSPS) is 10.4. The van der Waals surface area contributed by atoms with Crippen molar-refractivity contribution in [2.75, 3.05) is 6.54 Å². The second-order valence-corrected chi connectivity index (χ2v) is 6.07. The number of carbonyl (C=O) groups is 2. The van der Waals surface area contributed by atoms with Crippen molar-refractivity contribution in [2.24, 2.45) is 0 Å². The number of carbonyl (C=O) groups excluding carboxylic acids is 1. The fourth-order valence-electron chi connectivity index (χ4n) is 1.79. The second kappa shape index (κ2) is 9.77. The summed E-state index contributed by atoms with van der Waals surface area (Å²) in [5, 5.41) is 14.0. The molecule has 0 bridgehead atoms. The first-order valence-electron chi connectivity index (χ1n) is 6.79. The van der Waals surface area contributed by atoms with Gasteiger partial charge in [-0.15, -0.1) is 11.3 Å². The molecule has 4 nitrogen and oxygen atoms in total. The molecule has 0 unspecified atom stereocenters. The van der Waals surface area contributed by atoms with Crippen molar-refractivity contribution in [1.82, 2.24) is 5.32 Å². The molecule has 1 rings (SSSR count). The molecule has 0 spiro atoms. The topological polar surface area (TPSA) is 66.4 Å². The highest BCUT2D eigenvalue weighted by Crippen LogP contribution is 2.20. The summed E-state index contributed by atoms with van der Waals surface area (Å²) in [7, 11) is 0. The number of amides is 1. The zero-order valence-corrected chi connectivity index (χ0v) is 12.9. The van der Waals surface area contributed by atoms with Crippen LogP contribution in [0, 0.1) is 0 Å². The fraction of sp³-hybridized carbons (Fsp3) is 0.571. The molecule has 0 aliphatic heterocycles. The number of hydrogen-bond donors (Lipinski definition) is 2. The van der Waals surface area contributed by atoms with Gasteiger partial charge in [-0.25, -0.2) is 0 Å². The van der Waals surface area contributed by atoms with Crippen molar-refractivity contribution in [3.8, 4) is 0 Å². The van der Waals surface area contributed by atoms with E-state index in [4.69, 9.17) is 16.7 Å². The lowest BCUT2D eigenvalue weighted by Gasteiger charge is -2.04. The Hall–Kier alpha value is -1.07. The van der Waals surface area contributed by atoms with Crippen molar-refractivity contribution < 1.29 is 14.7 Å². The molecule has 1 heterocycles. The van der Waals surface area contributed by atoms with Crippen LogP contribution in [0.2, 0.25) is 5.02 Å². The molecule has 0 saturated carbocycles. The lowest BCUT2D eigenvalue weighted by atomic mass is 10.1. The van der Waals surface area contributed by atoms with E-state index >= 15 is 0 Å². The van der Waals surface area contributed by atoms with Gasteiger partial charge >= 0.3 is 5.97 Å². The molecule has 0 aromatic carbocycles. The maximum Gasteiger partial charge on any atom is 0.303 e. The van der Waals surface area contributed by atoms with E-state index in [0.717, 1.165) is 35.6 Å². The highest BCUT2D eigenvalue weighted by Gasteiger charge is 2.04. The average Bonchev–Trinajstić information content (AvgIpc) is 2.81. The van der Waals surface area contributed by atoms with Gasteiger partial charge in [0, 0.05) is 29.6 Å². The standard InChI is InChI=1S/C14H20ClNO3S/c15-11-9-12(20-10-11)6-7-13(17)16-8-4-2-1-3-5-14(18)19/h9-10H,1-8H2,(H,16,17)(H,18,19). The Morgan fingerprint density at radius 2 is 1.95 bits per heavy atom. The molecule has 0 saturated heterocycles. The third-order valence-electron chi connectivity index (χ3n) is 2.86. The van der Waals surface area contributed by atoms with Crippen molar-refractivity contribution in [3.63, 3.8) is 0 Å². The summed E-state index contributed by atoms with van der Waals surface area (Å²) in [5.74, 6) is -0.688. The molecule has 1 amide bonds. The zero-order chi connectivity index (χ0) is 14.8. The SMILES string of the molecule is O=C(O)CCCCCCNC(=O)CCc1cc(Cl)cs1. The van der Waals surface area contributed by atoms with Crippen LogP contribution in [0.5, 0.6) is 0 Å². The highest BCUT2D eigenvalue weighted by atomic mass is 35.5. The van der Waals surface area contributed by atoms with E-state index in [0.29, 0.717) is 19.4 Å². The summed E-state index contributed by atoms with van der Waals surface area (Å²) in [4.78, 5) is 23.0. The summed E-state index contributed by atoms with van der Waals surface area (Å²) in [6, 6.07) is 1.89. The number of aryl methyl sites for hydroxylation is 1. The number of hydrogen-bond acceptors (Lipinski definition) is 3. The quantitative estimate of drug-likeness (QED) is 0.649.